The van der Waals surface area contributed by atoms with Crippen molar-refractivity contribution in [3.8, 4) is 6.07 Å². The highest BCUT2D eigenvalue weighted by Crippen LogP contribution is 2.35. The molecule has 1 rings (SSSR count). The number of hydrogen-bond acceptors (Lipinski definition) is 6. The first-order chi connectivity index (χ1) is 11.5. The van der Waals surface area contributed by atoms with Crippen molar-refractivity contribution >= 4 is 23.3 Å². The van der Waals surface area contributed by atoms with Crippen LogP contribution in [0.4, 0.5) is 0 Å². The Balaban J connectivity index is 3.06. The molecule has 6 heteroatoms. The summed E-state index contributed by atoms with van der Waals surface area (Å²) >= 11 is 1.79. The average Bonchev–Trinajstić information content (AvgIpc) is 2.52. The van der Waals surface area contributed by atoms with E-state index in [4.69, 9.17) is 4.84 Å². The maximum Gasteiger partial charge on any atom is 0.185 e. The Bertz CT molecular complexity index is 525. The van der Waals surface area contributed by atoms with Crippen molar-refractivity contribution < 1.29 is 14.4 Å². The number of Topliss-reactive ketones (excluding diaryl/α,β-unsaturated/α-hetero) is 2. The first-order valence-corrected chi connectivity index (χ1v) is 9.74. The molecule has 0 spiro atoms. The zero-order valence-corrected chi connectivity index (χ0v) is 15.9. The molecule has 0 aliphatic heterocycles. The number of hydroxylamine groups is 1. The van der Waals surface area contributed by atoms with Crippen LogP contribution in [0.2, 0.25) is 0 Å². The van der Waals surface area contributed by atoms with Crippen molar-refractivity contribution in [2.45, 2.75) is 58.6 Å². The standard InChI is InChI=1S/C18H28N2O3S/c1-5-8-15(20-23-6-2)17-16(21)10-13(9-12(4)24-7-3)14(11-19)18(17)22/h12-14,20H,5-10H2,1-4H3/b17-15+. The van der Waals surface area contributed by atoms with Crippen LogP contribution in [0.1, 0.15) is 53.4 Å². The van der Waals surface area contributed by atoms with Crippen LogP contribution in [0.15, 0.2) is 11.3 Å². The predicted octanol–water partition coefficient (Wildman–Crippen LogP) is 3.41. The first-order valence-electron chi connectivity index (χ1n) is 8.69. The van der Waals surface area contributed by atoms with Gasteiger partial charge in [0.1, 0.15) is 5.92 Å². The molecule has 1 aliphatic carbocycles. The van der Waals surface area contributed by atoms with Gasteiger partial charge in [0.2, 0.25) is 0 Å². The lowest BCUT2D eigenvalue weighted by Crippen LogP contribution is -2.38. The van der Waals surface area contributed by atoms with Crippen molar-refractivity contribution in [3.63, 3.8) is 0 Å². The van der Waals surface area contributed by atoms with E-state index < -0.39 is 5.92 Å². The maximum atomic E-state index is 12.8. The number of carbonyl (C=O) groups excluding carboxylic acids is 2. The second-order valence-corrected chi connectivity index (χ2v) is 7.71. The molecule has 24 heavy (non-hydrogen) atoms. The van der Waals surface area contributed by atoms with Gasteiger partial charge in [-0.2, -0.15) is 17.0 Å². The predicted molar refractivity (Wildman–Crippen MR) is 96.1 cm³/mol. The van der Waals surface area contributed by atoms with Crippen molar-refractivity contribution in [1.29, 1.82) is 5.26 Å². The lowest BCUT2D eigenvalue weighted by Gasteiger charge is -2.29. The lowest BCUT2D eigenvalue weighted by atomic mass is 9.73. The van der Waals surface area contributed by atoms with Gasteiger partial charge in [0.05, 0.1) is 23.9 Å². The fraction of sp³-hybridized carbons (Fsp3) is 0.722. The Kier molecular flexibility index (Phi) is 9.09. The number of ketones is 2. The molecule has 0 radical (unpaired) electrons. The van der Waals surface area contributed by atoms with Crippen LogP contribution in [-0.4, -0.2) is 29.2 Å². The SMILES string of the molecule is CCC/C(NOCC)=C1/C(=O)CC(CC(C)SCC)C(C#N)C1=O. The largest absolute Gasteiger partial charge is 0.294 e. The normalized spacial score (nSPS) is 24.5. The Hall–Kier alpha value is -1.32. The molecule has 1 fully saturated rings. The summed E-state index contributed by atoms with van der Waals surface area (Å²) in [5.41, 5.74) is 3.41. The van der Waals surface area contributed by atoms with Gasteiger partial charge in [-0.3, -0.25) is 19.9 Å². The molecule has 134 valence electrons. The molecule has 0 aromatic carbocycles. The molecule has 0 saturated heterocycles. The van der Waals surface area contributed by atoms with Gasteiger partial charge in [0, 0.05) is 11.7 Å². The molecular weight excluding hydrogens is 324 g/mol. The molecule has 1 N–H and O–H groups in total. The van der Waals surface area contributed by atoms with Crippen LogP contribution in [0, 0.1) is 23.2 Å². The van der Waals surface area contributed by atoms with Crippen LogP contribution in [0.3, 0.4) is 0 Å². The minimum atomic E-state index is -0.743. The summed E-state index contributed by atoms with van der Waals surface area (Å²) in [4.78, 5) is 30.6. The average molecular weight is 353 g/mol. The fourth-order valence-electron chi connectivity index (χ4n) is 3.08. The van der Waals surface area contributed by atoms with E-state index in [-0.39, 0.29) is 29.5 Å². The Morgan fingerprint density at radius 2 is 2.12 bits per heavy atom. The highest BCUT2D eigenvalue weighted by atomic mass is 32.2. The summed E-state index contributed by atoms with van der Waals surface area (Å²) in [6.07, 6.45) is 2.31. The summed E-state index contributed by atoms with van der Waals surface area (Å²) < 4.78 is 0. The van der Waals surface area contributed by atoms with Gasteiger partial charge < -0.3 is 0 Å². The highest BCUT2D eigenvalue weighted by Gasteiger charge is 2.41. The quantitative estimate of drug-likeness (QED) is 0.389. The van der Waals surface area contributed by atoms with Crippen molar-refractivity contribution in [2.75, 3.05) is 12.4 Å². The number of hydrogen-bond donors (Lipinski definition) is 1. The van der Waals surface area contributed by atoms with Crippen molar-refractivity contribution in [3.05, 3.63) is 11.3 Å². The maximum absolute atomic E-state index is 12.8. The summed E-state index contributed by atoms with van der Waals surface area (Å²) in [6, 6.07) is 2.14. The van der Waals surface area contributed by atoms with Gasteiger partial charge in [0.15, 0.2) is 11.6 Å². The number of nitrogens with one attached hydrogen (secondary N) is 1. The van der Waals surface area contributed by atoms with E-state index >= 15 is 0 Å². The molecule has 0 heterocycles. The first kappa shape index (κ1) is 20.7. The van der Waals surface area contributed by atoms with E-state index in [2.05, 4.69) is 25.4 Å². The summed E-state index contributed by atoms with van der Waals surface area (Å²) in [5.74, 6) is -0.462. The Morgan fingerprint density at radius 3 is 2.67 bits per heavy atom. The number of thioether (sulfide) groups is 1. The van der Waals surface area contributed by atoms with Gasteiger partial charge in [-0.15, -0.1) is 0 Å². The zero-order chi connectivity index (χ0) is 18.1. The third kappa shape index (κ3) is 5.35. The minimum Gasteiger partial charge on any atom is -0.294 e. The third-order valence-corrected chi connectivity index (χ3v) is 5.19. The number of nitriles is 1. The van der Waals surface area contributed by atoms with E-state index in [0.717, 1.165) is 12.2 Å². The monoisotopic (exact) mass is 352 g/mol. The molecule has 3 atom stereocenters. The molecule has 5 nitrogen and oxygen atoms in total. The second-order valence-electron chi connectivity index (χ2n) is 6.00. The number of rotatable bonds is 9. The van der Waals surface area contributed by atoms with E-state index in [1.54, 1.807) is 11.8 Å². The van der Waals surface area contributed by atoms with E-state index in [9.17, 15) is 14.9 Å². The molecule has 0 aromatic rings. The summed E-state index contributed by atoms with van der Waals surface area (Å²) in [6.45, 7) is 8.39. The number of allylic oxidation sites excluding steroid dienone is 2. The highest BCUT2D eigenvalue weighted by molar-refractivity contribution is 7.99. The van der Waals surface area contributed by atoms with Crippen LogP contribution >= 0.6 is 11.8 Å². The minimum absolute atomic E-state index is 0.142. The number of carbonyl (C=O) groups is 2. The van der Waals surface area contributed by atoms with E-state index in [1.165, 1.54) is 0 Å². The second kappa shape index (κ2) is 10.5. The van der Waals surface area contributed by atoms with Crippen LogP contribution in [-0.2, 0) is 14.4 Å². The van der Waals surface area contributed by atoms with Gasteiger partial charge in [-0.05, 0) is 31.4 Å². The Morgan fingerprint density at radius 1 is 1.42 bits per heavy atom. The van der Waals surface area contributed by atoms with E-state index in [1.807, 2.05) is 13.8 Å². The van der Waals surface area contributed by atoms with Gasteiger partial charge in [0.25, 0.3) is 0 Å². The summed E-state index contributed by atoms with van der Waals surface area (Å²) in [7, 11) is 0. The Labute approximate surface area is 149 Å². The molecule has 1 aliphatic rings. The molecule has 3 unspecified atom stereocenters. The molecule has 1 saturated carbocycles. The molecule has 0 amide bonds. The molecule has 0 bridgehead atoms. The van der Waals surface area contributed by atoms with Crippen LogP contribution < -0.4 is 5.48 Å². The van der Waals surface area contributed by atoms with Gasteiger partial charge >= 0.3 is 0 Å². The van der Waals surface area contributed by atoms with Crippen molar-refractivity contribution in [2.24, 2.45) is 11.8 Å². The van der Waals surface area contributed by atoms with Gasteiger partial charge in [-0.1, -0.05) is 27.2 Å². The topological polar surface area (TPSA) is 79.2 Å². The third-order valence-electron chi connectivity index (χ3n) is 4.09. The smallest absolute Gasteiger partial charge is 0.185 e. The lowest BCUT2D eigenvalue weighted by molar-refractivity contribution is -0.128. The summed E-state index contributed by atoms with van der Waals surface area (Å²) in [5, 5.41) is 9.84. The van der Waals surface area contributed by atoms with E-state index in [0.29, 0.717) is 30.4 Å². The number of nitrogens with zero attached hydrogens (tertiary/aromatic N) is 1. The van der Waals surface area contributed by atoms with Crippen LogP contribution in [0.25, 0.3) is 0 Å². The zero-order valence-electron chi connectivity index (χ0n) is 15.1. The van der Waals surface area contributed by atoms with Gasteiger partial charge in [-0.25, -0.2) is 0 Å². The molecule has 0 aromatic heterocycles. The van der Waals surface area contributed by atoms with Crippen LogP contribution in [0.5, 0.6) is 0 Å². The van der Waals surface area contributed by atoms with Crippen molar-refractivity contribution in [1.82, 2.24) is 5.48 Å². The fourth-order valence-corrected chi connectivity index (χ4v) is 4.03. The molecular formula is C18H28N2O3S.